The van der Waals surface area contributed by atoms with Crippen LogP contribution in [0, 0.1) is 0 Å². The predicted octanol–water partition coefficient (Wildman–Crippen LogP) is 6.06. The van der Waals surface area contributed by atoms with Crippen LogP contribution in [0.15, 0.2) is 41.3 Å². The summed E-state index contributed by atoms with van der Waals surface area (Å²) in [6.07, 6.45) is 4.45. The van der Waals surface area contributed by atoms with Crippen LogP contribution in [0.3, 0.4) is 0 Å². The number of ether oxygens (including phenoxy) is 2. The molecule has 3 nitrogen and oxygen atoms in total. The number of alkyl halides is 1. The number of benzene rings is 2. The monoisotopic (exact) mass is 422 g/mol. The molecule has 1 aliphatic rings. The Morgan fingerprint density at radius 1 is 1.25 bits per heavy atom. The van der Waals surface area contributed by atoms with Crippen LogP contribution in [0.2, 0.25) is 5.02 Å². The fraction of sp³-hybridized carbons (Fsp3) is 0.409. The summed E-state index contributed by atoms with van der Waals surface area (Å²) in [7, 11) is 0. The van der Waals surface area contributed by atoms with Gasteiger partial charge >= 0.3 is 5.97 Å². The minimum absolute atomic E-state index is 0.0714. The molecule has 0 aliphatic heterocycles. The molecule has 1 fully saturated rings. The summed E-state index contributed by atoms with van der Waals surface area (Å²) >= 11 is 8.20. The van der Waals surface area contributed by atoms with Gasteiger partial charge in [-0.1, -0.05) is 30.2 Å². The minimum Gasteiger partial charge on any atom is -0.489 e. The van der Waals surface area contributed by atoms with Crippen molar-refractivity contribution in [2.45, 2.75) is 36.5 Å². The van der Waals surface area contributed by atoms with Gasteiger partial charge in [-0.15, -0.1) is 11.8 Å². The standard InChI is InChI=1S/C22H24ClFO3S/c1-3-26-21(25)22(9-4-10-22)16-13-18(15-5-7-17(28-2)8-6-15)20(19(23)14-16)27-12-11-24/h5-8,13-14H,3-4,9-12H2,1-2H3. The quantitative estimate of drug-likeness (QED) is 0.382. The average Bonchev–Trinajstić information content (AvgIpc) is 2.66. The van der Waals surface area contributed by atoms with Crippen LogP contribution in [-0.4, -0.2) is 32.1 Å². The molecule has 0 amide bonds. The highest BCUT2D eigenvalue weighted by molar-refractivity contribution is 7.98. The van der Waals surface area contributed by atoms with Gasteiger partial charge in [0.05, 0.1) is 17.0 Å². The number of hydrogen-bond donors (Lipinski definition) is 0. The summed E-state index contributed by atoms with van der Waals surface area (Å²) in [4.78, 5) is 13.8. The van der Waals surface area contributed by atoms with E-state index >= 15 is 0 Å². The van der Waals surface area contributed by atoms with Gasteiger partial charge in [0.25, 0.3) is 0 Å². The highest BCUT2D eigenvalue weighted by atomic mass is 35.5. The minimum atomic E-state index is -0.660. The Morgan fingerprint density at radius 3 is 2.50 bits per heavy atom. The Hall–Kier alpha value is -1.72. The molecule has 6 heteroatoms. The predicted molar refractivity (Wildman–Crippen MR) is 112 cm³/mol. The Kier molecular flexibility index (Phi) is 6.89. The molecular formula is C22H24ClFO3S. The van der Waals surface area contributed by atoms with Crippen molar-refractivity contribution < 1.29 is 18.7 Å². The third-order valence-electron chi connectivity index (χ3n) is 5.19. The van der Waals surface area contributed by atoms with E-state index in [1.807, 2.05) is 43.5 Å². The van der Waals surface area contributed by atoms with E-state index in [1.54, 1.807) is 17.8 Å². The van der Waals surface area contributed by atoms with Crippen LogP contribution in [0.4, 0.5) is 4.39 Å². The van der Waals surface area contributed by atoms with E-state index in [-0.39, 0.29) is 12.6 Å². The Balaban J connectivity index is 2.10. The van der Waals surface area contributed by atoms with E-state index < -0.39 is 12.1 Å². The molecule has 0 saturated heterocycles. The van der Waals surface area contributed by atoms with Gasteiger partial charge in [-0.3, -0.25) is 4.79 Å². The zero-order valence-electron chi connectivity index (χ0n) is 16.1. The molecule has 0 atom stereocenters. The summed E-state index contributed by atoms with van der Waals surface area (Å²) < 4.78 is 23.7. The van der Waals surface area contributed by atoms with Gasteiger partial charge < -0.3 is 9.47 Å². The van der Waals surface area contributed by atoms with E-state index in [9.17, 15) is 9.18 Å². The average molecular weight is 423 g/mol. The van der Waals surface area contributed by atoms with Crippen LogP contribution >= 0.6 is 23.4 Å². The molecule has 2 aromatic carbocycles. The smallest absolute Gasteiger partial charge is 0.316 e. The van der Waals surface area contributed by atoms with Gasteiger partial charge in [-0.25, -0.2) is 4.39 Å². The lowest BCUT2D eigenvalue weighted by molar-refractivity contribution is -0.153. The number of esters is 1. The number of hydrogen-bond acceptors (Lipinski definition) is 4. The third kappa shape index (κ3) is 4.01. The first-order valence-electron chi connectivity index (χ1n) is 9.40. The molecule has 3 rings (SSSR count). The Labute approximate surface area is 174 Å². The van der Waals surface area contributed by atoms with E-state index in [0.717, 1.165) is 40.8 Å². The first kappa shape index (κ1) is 21.0. The van der Waals surface area contributed by atoms with Crippen LogP contribution < -0.4 is 4.74 Å². The highest BCUT2D eigenvalue weighted by Crippen LogP contribution is 2.49. The molecule has 0 bridgehead atoms. The topological polar surface area (TPSA) is 35.5 Å². The molecule has 150 valence electrons. The Bertz CT molecular complexity index is 834. The lowest BCUT2D eigenvalue weighted by Crippen LogP contribution is -2.43. The second-order valence-corrected chi connectivity index (χ2v) is 8.04. The van der Waals surface area contributed by atoms with Crippen molar-refractivity contribution in [1.82, 2.24) is 0 Å². The van der Waals surface area contributed by atoms with E-state index in [2.05, 4.69) is 0 Å². The fourth-order valence-electron chi connectivity index (χ4n) is 3.55. The van der Waals surface area contributed by atoms with Crippen molar-refractivity contribution in [2.75, 3.05) is 26.1 Å². The van der Waals surface area contributed by atoms with Gasteiger partial charge in [0.2, 0.25) is 0 Å². The van der Waals surface area contributed by atoms with Gasteiger partial charge in [-0.2, -0.15) is 0 Å². The van der Waals surface area contributed by atoms with Crippen LogP contribution in [0.1, 0.15) is 31.7 Å². The number of rotatable bonds is 8. The number of carbonyl (C=O) groups excluding carboxylic acids is 1. The Morgan fingerprint density at radius 2 is 1.96 bits per heavy atom. The maximum absolute atomic E-state index is 12.7. The molecule has 0 aromatic heterocycles. The first-order valence-corrected chi connectivity index (χ1v) is 11.0. The zero-order valence-corrected chi connectivity index (χ0v) is 17.7. The second kappa shape index (κ2) is 9.19. The SMILES string of the molecule is CCOC(=O)C1(c2cc(Cl)c(OCCF)c(-c3ccc(SC)cc3)c2)CCC1. The highest BCUT2D eigenvalue weighted by Gasteiger charge is 2.47. The van der Waals surface area contributed by atoms with Crippen LogP contribution in [0.25, 0.3) is 11.1 Å². The molecule has 0 N–H and O–H groups in total. The van der Waals surface area contributed by atoms with Gasteiger partial charge in [-0.05, 0) is 61.4 Å². The van der Waals surface area contributed by atoms with Crippen molar-refractivity contribution >= 4 is 29.3 Å². The summed E-state index contributed by atoms with van der Waals surface area (Å²) in [5.41, 5.74) is 1.85. The largest absolute Gasteiger partial charge is 0.489 e. The van der Waals surface area contributed by atoms with Crippen molar-refractivity contribution in [3.8, 4) is 16.9 Å². The van der Waals surface area contributed by atoms with Crippen molar-refractivity contribution in [2.24, 2.45) is 0 Å². The lowest BCUT2D eigenvalue weighted by atomic mass is 9.64. The third-order valence-corrected chi connectivity index (χ3v) is 6.22. The molecule has 28 heavy (non-hydrogen) atoms. The molecule has 0 spiro atoms. The maximum Gasteiger partial charge on any atom is 0.316 e. The number of thioether (sulfide) groups is 1. The molecule has 0 heterocycles. The van der Waals surface area contributed by atoms with Gasteiger partial charge in [0.15, 0.2) is 0 Å². The summed E-state index contributed by atoms with van der Waals surface area (Å²) in [5, 5.41) is 0.380. The molecule has 1 aliphatic carbocycles. The molecule has 0 unspecified atom stereocenters. The molecule has 1 saturated carbocycles. The van der Waals surface area contributed by atoms with Crippen molar-refractivity contribution in [1.29, 1.82) is 0 Å². The van der Waals surface area contributed by atoms with Crippen molar-refractivity contribution in [3.05, 3.63) is 47.0 Å². The van der Waals surface area contributed by atoms with Crippen LogP contribution in [0.5, 0.6) is 5.75 Å². The van der Waals surface area contributed by atoms with Crippen LogP contribution in [-0.2, 0) is 14.9 Å². The number of carbonyl (C=O) groups is 1. The molecule has 0 radical (unpaired) electrons. The van der Waals surface area contributed by atoms with E-state index in [4.69, 9.17) is 21.1 Å². The summed E-state index contributed by atoms with van der Waals surface area (Å²) in [6, 6.07) is 11.7. The van der Waals surface area contributed by atoms with E-state index in [0.29, 0.717) is 17.4 Å². The second-order valence-electron chi connectivity index (χ2n) is 6.76. The fourth-order valence-corrected chi connectivity index (χ4v) is 4.23. The number of halogens is 2. The van der Waals surface area contributed by atoms with Crippen molar-refractivity contribution in [3.63, 3.8) is 0 Å². The molecule has 2 aromatic rings. The summed E-state index contributed by atoms with van der Waals surface area (Å²) in [5.74, 6) is 0.233. The first-order chi connectivity index (χ1) is 13.6. The summed E-state index contributed by atoms with van der Waals surface area (Å²) in [6.45, 7) is 1.48. The normalized spacial score (nSPS) is 15.0. The van der Waals surface area contributed by atoms with E-state index in [1.165, 1.54) is 0 Å². The zero-order chi connectivity index (χ0) is 20.1. The van der Waals surface area contributed by atoms with Gasteiger partial charge in [0, 0.05) is 10.5 Å². The lowest BCUT2D eigenvalue weighted by Gasteiger charge is -2.40. The maximum atomic E-state index is 12.7. The molecular weight excluding hydrogens is 399 g/mol. The van der Waals surface area contributed by atoms with Gasteiger partial charge in [0.1, 0.15) is 19.0 Å².